The lowest BCUT2D eigenvalue weighted by atomic mass is 10.2. The van der Waals surface area contributed by atoms with Crippen LogP contribution in [-0.4, -0.2) is 39.7 Å². The number of carbonyl (C=O) groups is 2. The lowest BCUT2D eigenvalue weighted by molar-refractivity contribution is -0.118. The molecule has 2 aliphatic rings. The van der Waals surface area contributed by atoms with Crippen LogP contribution in [0.25, 0.3) is 33.5 Å². The highest BCUT2D eigenvalue weighted by molar-refractivity contribution is 6.07. The average Bonchev–Trinajstić information content (AvgIpc) is 3.46. The van der Waals surface area contributed by atoms with Crippen molar-refractivity contribution >= 4 is 39.5 Å². The van der Waals surface area contributed by atoms with Gasteiger partial charge in [0.2, 0.25) is 0 Å². The predicted octanol–water partition coefficient (Wildman–Crippen LogP) is 3.86. The summed E-state index contributed by atoms with van der Waals surface area (Å²) in [5.41, 5.74) is 3.11. The van der Waals surface area contributed by atoms with E-state index in [1.165, 1.54) is 19.2 Å². The van der Waals surface area contributed by atoms with Crippen molar-refractivity contribution in [2.45, 2.75) is 19.4 Å². The van der Waals surface area contributed by atoms with Crippen LogP contribution in [-0.2, 0) is 23.1 Å². The van der Waals surface area contributed by atoms with Crippen LogP contribution in [0, 0.1) is 11.7 Å². The SMILES string of the molecule is COC(=O)c1cc(F)c2c(c1)nc(-c1cc3ccc4c(c3n1CC1CC1)NC(=O)CO4)n2C. The third-order valence-electron chi connectivity index (χ3n) is 6.36. The highest BCUT2D eigenvalue weighted by atomic mass is 19.1. The number of hydrogen-bond acceptors (Lipinski definition) is 5. The van der Waals surface area contributed by atoms with E-state index >= 15 is 0 Å². The summed E-state index contributed by atoms with van der Waals surface area (Å²) in [5.74, 6) is 0.371. The molecule has 2 aromatic carbocycles. The van der Waals surface area contributed by atoms with E-state index in [9.17, 15) is 14.0 Å². The summed E-state index contributed by atoms with van der Waals surface area (Å²) in [5, 5.41) is 3.88. The number of esters is 1. The van der Waals surface area contributed by atoms with E-state index in [1.807, 2.05) is 18.2 Å². The van der Waals surface area contributed by atoms with Gasteiger partial charge < -0.3 is 23.9 Å². The number of anilines is 1. The maximum absolute atomic E-state index is 15.0. The minimum Gasteiger partial charge on any atom is -0.481 e. The van der Waals surface area contributed by atoms with Gasteiger partial charge in [-0.25, -0.2) is 14.2 Å². The Bertz CT molecular complexity index is 1480. The molecule has 1 amide bonds. The molecule has 0 radical (unpaired) electrons. The Labute approximate surface area is 187 Å². The number of fused-ring (bicyclic) bond motifs is 4. The largest absolute Gasteiger partial charge is 0.481 e. The third-order valence-corrected chi connectivity index (χ3v) is 6.36. The Morgan fingerprint density at radius 2 is 2.09 bits per heavy atom. The quantitative estimate of drug-likeness (QED) is 0.479. The second-order valence-corrected chi connectivity index (χ2v) is 8.61. The number of carbonyl (C=O) groups excluding carboxylic acids is 2. The van der Waals surface area contributed by atoms with Crippen LogP contribution in [0.5, 0.6) is 5.75 Å². The zero-order valence-electron chi connectivity index (χ0n) is 18.1. The predicted molar refractivity (Wildman–Crippen MR) is 120 cm³/mol. The Balaban J connectivity index is 1.60. The third kappa shape index (κ3) is 3.06. The number of benzene rings is 2. The van der Waals surface area contributed by atoms with E-state index in [2.05, 4.69) is 9.88 Å². The van der Waals surface area contributed by atoms with Crippen LogP contribution in [0.3, 0.4) is 0 Å². The second-order valence-electron chi connectivity index (χ2n) is 8.61. The van der Waals surface area contributed by atoms with E-state index in [4.69, 9.17) is 14.5 Å². The van der Waals surface area contributed by atoms with Gasteiger partial charge in [0.1, 0.15) is 22.8 Å². The van der Waals surface area contributed by atoms with Crippen molar-refractivity contribution in [2.75, 3.05) is 19.0 Å². The molecule has 2 aromatic heterocycles. The highest BCUT2D eigenvalue weighted by Crippen LogP contribution is 2.42. The lowest BCUT2D eigenvalue weighted by Gasteiger charge is -2.20. The van der Waals surface area contributed by atoms with Gasteiger partial charge in [0.05, 0.1) is 29.4 Å². The first-order valence-corrected chi connectivity index (χ1v) is 10.8. The van der Waals surface area contributed by atoms with Gasteiger partial charge in [0, 0.05) is 19.0 Å². The van der Waals surface area contributed by atoms with Gasteiger partial charge in [0.25, 0.3) is 5.91 Å². The van der Waals surface area contributed by atoms with E-state index in [1.54, 1.807) is 11.6 Å². The fraction of sp³-hybridized carbons (Fsp3) is 0.292. The molecule has 1 fully saturated rings. The fourth-order valence-electron chi connectivity index (χ4n) is 4.60. The monoisotopic (exact) mass is 448 g/mol. The number of nitrogens with one attached hydrogen (secondary N) is 1. The number of nitrogens with zero attached hydrogens (tertiary/aromatic N) is 3. The molecule has 0 spiro atoms. The van der Waals surface area contributed by atoms with Crippen molar-refractivity contribution < 1.29 is 23.5 Å². The molecule has 4 aromatic rings. The molecule has 3 heterocycles. The molecule has 0 bridgehead atoms. The van der Waals surface area contributed by atoms with E-state index in [0.717, 1.165) is 36.0 Å². The maximum Gasteiger partial charge on any atom is 0.338 e. The summed E-state index contributed by atoms with van der Waals surface area (Å²) >= 11 is 0. The van der Waals surface area contributed by atoms with Gasteiger partial charge >= 0.3 is 5.97 Å². The highest BCUT2D eigenvalue weighted by Gasteiger charge is 2.29. The molecule has 0 saturated heterocycles. The Morgan fingerprint density at radius 1 is 1.27 bits per heavy atom. The van der Waals surface area contributed by atoms with Gasteiger partial charge in [-0.15, -0.1) is 0 Å². The smallest absolute Gasteiger partial charge is 0.338 e. The van der Waals surface area contributed by atoms with Crippen molar-refractivity contribution in [2.24, 2.45) is 13.0 Å². The first-order chi connectivity index (χ1) is 15.9. The maximum atomic E-state index is 15.0. The zero-order valence-corrected chi connectivity index (χ0v) is 18.1. The molecule has 1 aliphatic heterocycles. The average molecular weight is 448 g/mol. The Kier molecular flexibility index (Phi) is 4.23. The second kappa shape index (κ2) is 7.06. The number of halogens is 1. The van der Waals surface area contributed by atoms with Crippen molar-refractivity contribution in [3.63, 3.8) is 0 Å². The summed E-state index contributed by atoms with van der Waals surface area (Å²) in [6, 6.07) is 8.51. The lowest BCUT2D eigenvalue weighted by Crippen LogP contribution is -2.26. The van der Waals surface area contributed by atoms with Crippen molar-refractivity contribution in [1.82, 2.24) is 14.1 Å². The van der Waals surface area contributed by atoms with Crippen molar-refractivity contribution in [1.29, 1.82) is 0 Å². The number of methoxy groups -OCH3 is 1. The van der Waals surface area contributed by atoms with Gasteiger partial charge in [-0.2, -0.15) is 0 Å². The molecular formula is C24H21FN4O4. The normalized spacial score (nSPS) is 15.4. The molecule has 1 saturated carbocycles. The van der Waals surface area contributed by atoms with Crippen LogP contribution < -0.4 is 10.1 Å². The van der Waals surface area contributed by atoms with Crippen LogP contribution in [0.1, 0.15) is 23.2 Å². The Morgan fingerprint density at radius 3 is 2.85 bits per heavy atom. The summed E-state index contributed by atoms with van der Waals surface area (Å²) in [4.78, 5) is 28.7. The van der Waals surface area contributed by atoms with E-state index < -0.39 is 11.8 Å². The molecule has 0 unspecified atom stereocenters. The van der Waals surface area contributed by atoms with Gasteiger partial charge in [-0.3, -0.25) is 4.79 Å². The van der Waals surface area contributed by atoms with Crippen LogP contribution in [0.15, 0.2) is 30.3 Å². The standard InChI is InChI=1S/C24H21FN4O4/c1-28-22-15(25)7-14(24(31)32-2)8-16(22)26-23(28)17-9-13-5-6-18-20(27-19(30)11-33-18)21(13)29(17)10-12-3-4-12/h5-9,12H,3-4,10-11H2,1-2H3,(H,27,30). The van der Waals surface area contributed by atoms with E-state index in [0.29, 0.717) is 34.2 Å². The molecule has 168 valence electrons. The summed E-state index contributed by atoms with van der Waals surface area (Å²) in [6.45, 7) is 0.742. The number of hydrogen-bond donors (Lipinski definition) is 1. The van der Waals surface area contributed by atoms with E-state index in [-0.39, 0.29) is 18.1 Å². The fourth-order valence-corrected chi connectivity index (χ4v) is 4.60. The molecule has 8 nitrogen and oxygen atoms in total. The number of aryl methyl sites for hydroxylation is 1. The number of imidazole rings is 1. The molecule has 33 heavy (non-hydrogen) atoms. The zero-order chi connectivity index (χ0) is 22.9. The minimum absolute atomic E-state index is 0.0126. The van der Waals surface area contributed by atoms with Crippen LogP contribution >= 0.6 is 0 Å². The van der Waals surface area contributed by atoms with Gasteiger partial charge in [-0.1, -0.05) is 0 Å². The van der Waals surface area contributed by atoms with Crippen molar-refractivity contribution in [3.8, 4) is 17.3 Å². The van der Waals surface area contributed by atoms with Crippen LogP contribution in [0.4, 0.5) is 10.1 Å². The number of rotatable bonds is 4. The summed E-state index contributed by atoms with van der Waals surface area (Å²) in [6.07, 6.45) is 2.27. The minimum atomic E-state index is -0.617. The molecular weight excluding hydrogens is 427 g/mol. The molecule has 1 aliphatic carbocycles. The van der Waals surface area contributed by atoms with Crippen LogP contribution in [0.2, 0.25) is 0 Å². The number of ether oxygens (including phenoxy) is 2. The molecule has 1 N–H and O–H groups in total. The first-order valence-electron chi connectivity index (χ1n) is 10.8. The Hall–Kier alpha value is -3.88. The molecule has 9 heteroatoms. The molecule has 6 rings (SSSR count). The topological polar surface area (TPSA) is 87.4 Å². The van der Waals surface area contributed by atoms with Gasteiger partial charge in [-0.05, 0) is 49.1 Å². The number of amides is 1. The first kappa shape index (κ1) is 19.8. The summed E-state index contributed by atoms with van der Waals surface area (Å²) < 4.78 is 29.2. The molecule has 0 atom stereocenters. The summed E-state index contributed by atoms with van der Waals surface area (Å²) in [7, 11) is 3.01. The van der Waals surface area contributed by atoms with Gasteiger partial charge in [0.15, 0.2) is 12.4 Å². The number of aromatic nitrogens is 3. The van der Waals surface area contributed by atoms with Crippen molar-refractivity contribution in [3.05, 3.63) is 41.7 Å².